The Morgan fingerprint density at radius 3 is 2.53 bits per heavy atom. The van der Waals surface area contributed by atoms with Gasteiger partial charge in [-0.3, -0.25) is 4.79 Å². The third kappa shape index (κ3) is 2.59. The molecule has 0 unspecified atom stereocenters. The van der Waals surface area contributed by atoms with Gasteiger partial charge in [-0.1, -0.05) is 62.4 Å². The molecule has 0 saturated carbocycles. The van der Waals surface area contributed by atoms with Crippen LogP contribution in [0.1, 0.15) is 36.8 Å². The van der Waals surface area contributed by atoms with Crippen LogP contribution in [0.2, 0.25) is 0 Å². The minimum Gasteiger partial charge on any atom is -0.493 e. The van der Waals surface area contributed by atoms with Crippen LogP contribution in [-0.4, -0.2) is 6.61 Å². The Bertz CT molecular complexity index is 1420. The highest BCUT2D eigenvalue weighted by Gasteiger charge is 2.47. The summed E-state index contributed by atoms with van der Waals surface area (Å²) in [5.41, 5.74) is 5.39. The Labute approximate surface area is 186 Å². The van der Waals surface area contributed by atoms with Crippen molar-refractivity contribution in [3.05, 3.63) is 93.8 Å². The predicted molar refractivity (Wildman–Crippen MR) is 127 cm³/mol. The van der Waals surface area contributed by atoms with Gasteiger partial charge < -0.3 is 14.5 Å². The Kier molecular flexibility index (Phi) is 4.03. The van der Waals surface area contributed by atoms with E-state index in [1.807, 2.05) is 49.4 Å². The largest absolute Gasteiger partial charge is 0.493 e. The maximum absolute atomic E-state index is 13.6. The van der Waals surface area contributed by atoms with E-state index in [1.165, 1.54) is 5.56 Å². The van der Waals surface area contributed by atoms with Gasteiger partial charge in [0.05, 0.1) is 29.2 Å². The smallest absolute Gasteiger partial charge is 0.200 e. The Hall–Kier alpha value is -3.53. The first-order valence-electron chi connectivity index (χ1n) is 11.1. The number of benzene rings is 3. The van der Waals surface area contributed by atoms with Gasteiger partial charge >= 0.3 is 0 Å². The van der Waals surface area contributed by atoms with E-state index in [1.54, 1.807) is 0 Å². The van der Waals surface area contributed by atoms with Crippen molar-refractivity contribution in [3.8, 4) is 16.9 Å². The topological polar surface area (TPSA) is 51.5 Å². The number of anilines is 1. The highest BCUT2D eigenvalue weighted by atomic mass is 16.5. The summed E-state index contributed by atoms with van der Waals surface area (Å²) in [7, 11) is 0. The van der Waals surface area contributed by atoms with Gasteiger partial charge in [-0.2, -0.15) is 0 Å². The number of aryl methyl sites for hydroxylation is 1. The maximum Gasteiger partial charge on any atom is 0.200 e. The molecule has 0 amide bonds. The SMILES string of the molecule is Cc1oc2c3c(ccc2c(=O)c1-c1ccccc1)OC[C@H]1[C@@H]3Nc2ccccc2C1(C)C. The minimum atomic E-state index is -0.0916. The quantitative estimate of drug-likeness (QED) is 0.395. The van der Waals surface area contributed by atoms with Crippen LogP contribution in [-0.2, 0) is 5.41 Å². The molecule has 6 rings (SSSR count). The van der Waals surface area contributed by atoms with Crippen LogP contribution in [0.4, 0.5) is 5.69 Å². The van der Waals surface area contributed by atoms with Crippen molar-refractivity contribution in [2.75, 3.05) is 11.9 Å². The second kappa shape index (κ2) is 6.73. The zero-order valence-electron chi connectivity index (χ0n) is 18.4. The van der Waals surface area contributed by atoms with Crippen molar-refractivity contribution in [1.82, 2.24) is 0 Å². The molecule has 3 aromatic carbocycles. The fourth-order valence-corrected chi connectivity index (χ4v) is 5.54. The molecule has 4 heteroatoms. The number of rotatable bonds is 1. The standard InChI is InChI=1S/C28H25NO3/c1-16-23(17-9-5-4-6-10-17)26(30)18-13-14-22-24(27(18)32-16)25-20(15-31-22)28(2,3)19-11-7-8-12-21(19)29-25/h4-14,20,25,29H,15H2,1-3H3/t20-,25-/m0/s1. The van der Waals surface area contributed by atoms with Crippen LogP contribution in [0, 0.1) is 12.8 Å². The van der Waals surface area contributed by atoms with E-state index in [9.17, 15) is 4.79 Å². The lowest BCUT2D eigenvalue weighted by Crippen LogP contribution is -2.46. The van der Waals surface area contributed by atoms with Gasteiger partial charge in [-0.25, -0.2) is 0 Å². The predicted octanol–water partition coefficient (Wildman–Crippen LogP) is 6.22. The van der Waals surface area contributed by atoms with E-state index in [0.29, 0.717) is 28.9 Å². The van der Waals surface area contributed by atoms with Gasteiger partial charge in [0.2, 0.25) is 5.43 Å². The van der Waals surface area contributed by atoms with Gasteiger partial charge in [-0.15, -0.1) is 0 Å². The summed E-state index contributed by atoms with van der Waals surface area (Å²) >= 11 is 0. The average molecular weight is 424 g/mol. The fraction of sp³-hybridized carbons (Fsp3) is 0.250. The molecule has 1 N–H and O–H groups in total. The van der Waals surface area contributed by atoms with E-state index < -0.39 is 0 Å². The minimum absolute atomic E-state index is 0.00234. The summed E-state index contributed by atoms with van der Waals surface area (Å²) in [6.45, 7) is 7.04. The summed E-state index contributed by atoms with van der Waals surface area (Å²) < 4.78 is 12.7. The molecule has 0 saturated heterocycles. The molecule has 2 aliphatic heterocycles. The van der Waals surface area contributed by atoms with Gasteiger partial charge in [0, 0.05) is 17.0 Å². The van der Waals surface area contributed by atoms with Crippen LogP contribution in [0.3, 0.4) is 0 Å². The zero-order valence-corrected chi connectivity index (χ0v) is 18.4. The van der Waals surface area contributed by atoms with Crippen LogP contribution in [0.15, 0.2) is 75.9 Å². The summed E-state index contributed by atoms with van der Waals surface area (Å²) in [5.74, 6) is 1.62. The number of hydrogen-bond acceptors (Lipinski definition) is 4. The van der Waals surface area contributed by atoms with E-state index in [-0.39, 0.29) is 22.8 Å². The highest BCUT2D eigenvalue weighted by Crippen LogP contribution is 2.53. The van der Waals surface area contributed by atoms with Crippen molar-refractivity contribution in [2.24, 2.45) is 5.92 Å². The number of hydrogen-bond donors (Lipinski definition) is 1. The number of para-hydroxylation sites is 1. The third-order valence-electron chi connectivity index (χ3n) is 7.29. The summed E-state index contributed by atoms with van der Waals surface area (Å²) in [6, 6.07) is 21.9. The molecule has 0 radical (unpaired) electrons. The molecule has 32 heavy (non-hydrogen) atoms. The van der Waals surface area contributed by atoms with Crippen molar-refractivity contribution >= 4 is 16.7 Å². The summed E-state index contributed by atoms with van der Waals surface area (Å²) in [4.78, 5) is 13.6. The molecule has 1 aromatic heterocycles. The normalized spacial score (nSPS) is 20.5. The molecule has 3 heterocycles. The second-order valence-corrected chi connectivity index (χ2v) is 9.39. The molecule has 0 aliphatic carbocycles. The van der Waals surface area contributed by atoms with Crippen molar-refractivity contribution in [3.63, 3.8) is 0 Å². The van der Waals surface area contributed by atoms with Crippen LogP contribution in [0.5, 0.6) is 5.75 Å². The number of nitrogens with one attached hydrogen (secondary N) is 1. The summed E-state index contributed by atoms with van der Waals surface area (Å²) in [5, 5.41) is 4.34. The van der Waals surface area contributed by atoms with Crippen molar-refractivity contribution < 1.29 is 9.15 Å². The van der Waals surface area contributed by atoms with Gasteiger partial charge in [0.15, 0.2) is 0 Å². The van der Waals surface area contributed by atoms with Gasteiger partial charge in [0.1, 0.15) is 17.1 Å². The van der Waals surface area contributed by atoms with E-state index in [4.69, 9.17) is 9.15 Å². The average Bonchev–Trinajstić information content (AvgIpc) is 2.79. The number of fused-ring (bicyclic) bond motifs is 6. The third-order valence-corrected chi connectivity index (χ3v) is 7.29. The monoisotopic (exact) mass is 423 g/mol. The van der Waals surface area contributed by atoms with Crippen LogP contribution < -0.4 is 15.5 Å². The lowest BCUT2D eigenvalue weighted by atomic mass is 9.65. The molecule has 0 bridgehead atoms. The van der Waals surface area contributed by atoms with Crippen LogP contribution >= 0.6 is 0 Å². The molecule has 2 aliphatic rings. The molecule has 2 atom stereocenters. The van der Waals surface area contributed by atoms with Gasteiger partial charge in [0.25, 0.3) is 0 Å². The first-order valence-corrected chi connectivity index (χ1v) is 11.1. The molecule has 4 nitrogen and oxygen atoms in total. The Balaban J connectivity index is 1.60. The molecular weight excluding hydrogens is 398 g/mol. The molecule has 4 aromatic rings. The first kappa shape index (κ1) is 19.2. The molecule has 0 spiro atoms. The first-order chi connectivity index (χ1) is 15.5. The Morgan fingerprint density at radius 2 is 1.72 bits per heavy atom. The lowest BCUT2D eigenvalue weighted by molar-refractivity contribution is 0.136. The second-order valence-electron chi connectivity index (χ2n) is 9.39. The highest BCUT2D eigenvalue weighted by molar-refractivity contribution is 5.88. The van der Waals surface area contributed by atoms with E-state index in [2.05, 4.69) is 43.4 Å². The van der Waals surface area contributed by atoms with Gasteiger partial charge in [-0.05, 0) is 36.2 Å². The van der Waals surface area contributed by atoms with Crippen LogP contribution in [0.25, 0.3) is 22.1 Å². The zero-order chi connectivity index (χ0) is 22.0. The molecule has 0 fully saturated rings. The fourth-order valence-electron chi connectivity index (χ4n) is 5.54. The molecular formula is C28H25NO3. The maximum atomic E-state index is 13.6. The van der Waals surface area contributed by atoms with E-state index in [0.717, 1.165) is 22.6 Å². The van der Waals surface area contributed by atoms with Crippen molar-refractivity contribution in [1.29, 1.82) is 0 Å². The van der Waals surface area contributed by atoms with Crippen molar-refractivity contribution in [2.45, 2.75) is 32.2 Å². The lowest BCUT2D eigenvalue weighted by Gasteiger charge is -2.48. The Morgan fingerprint density at radius 1 is 0.969 bits per heavy atom. The molecule has 160 valence electrons. The number of ether oxygens (including phenoxy) is 1. The summed E-state index contributed by atoms with van der Waals surface area (Å²) in [6.07, 6.45) is 0. The van der Waals surface area contributed by atoms with E-state index >= 15 is 0 Å².